The first-order chi connectivity index (χ1) is 6.81. The Morgan fingerprint density at radius 1 is 1.50 bits per heavy atom. The maximum atomic E-state index is 8.95. The number of anilines is 1. The van der Waals surface area contributed by atoms with E-state index in [0.717, 1.165) is 10.4 Å². The Hall–Kier alpha value is -0.680. The predicted molar refractivity (Wildman–Crippen MR) is 57.2 cm³/mol. The highest BCUT2D eigenvalue weighted by atomic mass is 79.9. The molecule has 0 radical (unpaired) electrons. The van der Waals surface area contributed by atoms with Gasteiger partial charge in [-0.25, -0.2) is 9.97 Å². The molecule has 1 aliphatic carbocycles. The molecule has 1 fully saturated rings. The van der Waals surface area contributed by atoms with Crippen molar-refractivity contribution >= 4 is 21.7 Å². The summed E-state index contributed by atoms with van der Waals surface area (Å²) in [4.78, 5) is 10.3. The van der Waals surface area contributed by atoms with Crippen molar-refractivity contribution in [3.8, 4) is 0 Å². The summed E-state index contributed by atoms with van der Waals surface area (Å²) >= 11 is 3.31. The van der Waals surface area contributed by atoms with Crippen LogP contribution in [-0.4, -0.2) is 34.3 Å². The summed E-state index contributed by atoms with van der Waals surface area (Å²) in [7, 11) is 0. The first-order valence-corrected chi connectivity index (χ1v) is 5.45. The summed E-state index contributed by atoms with van der Waals surface area (Å²) in [5.74, 6) is 0.892. The van der Waals surface area contributed by atoms with Crippen LogP contribution in [0.15, 0.2) is 17.0 Å². The van der Waals surface area contributed by atoms with Crippen LogP contribution in [0.1, 0.15) is 12.8 Å². The van der Waals surface area contributed by atoms with E-state index in [1.165, 1.54) is 19.2 Å². The van der Waals surface area contributed by atoms with Crippen molar-refractivity contribution in [1.29, 1.82) is 0 Å². The second kappa shape index (κ2) is 4.23. The molecule has 76 valence electrons. The van der Waals surface area contributed by atoms with Gasteiger partial charge in [0.15, 0.2) is 0 Å². The molecule has 1 saturated carbocycles. The van der Waals surface area contributed by atoms with Crippen LogP contribution in [0.5, 0.6) is 0 Å². The second-order valence-electron chi connectivity index (χ2n) is 3.35. The van der Waals surface area contributed by atoms with Gasteiger partial charge in [-0.1, -0.05) is 0 Å². The van der Waals surface area contributed by atoms with Crippen molar-refractivity contribution in [3.63, 3.8) is 0 Å². The van der Waals surface area contributed by atoms with Gasteiger partial charge in [0.2, 0.25) is 0 Å². The monoisotopic (exact) mass is 257 g/mol. The molecule has 1 aromatic heterocycles. The van der Waals surface area contributed by atoms with E-state index >= 15 is 0 Å². The van der Waals surface area contributed by atoms with E-state index < -0.39 is 0 Å². The van der Waals surface area contributed by atoms with E-state index in [2.05, 4.69) is 30.8 Å². The first kappa shape index (κ1) is 9.86. The van der Waals surface area contributed by atoms with Crippen molar-refractivity contribution < 1.29 is 5.11 Å². The Morgan fingerprint density at radius 3 is 2.86 bits per heavy atom. The highest BCUT2D eigenvalue weighted by Gasteiger charge is 2.29. The molecule has 14 heavy (non-hydrogen) atoms. The molecule has 0 aliphatic heterocycles. The summed E-state index contributed by atoms with van der Waals surface area (Å²) in [6.45, 7) is 0.812. The highest BCUT2D eigenvalue weighted by Crippen LogP contribution is 2.30. The minimum absolute atomic E-state index is 0.165. The molecule has 0 unspecified atom stereocenters. The summed E-state index contributed by atoms with van der Waals surface area (Å²) in [6, 6.07) is 2.44. The number of nitrogens with zero attached hydrogens (tertiary/aromatic N) is 3. The van der Waals surface area contributed by atoms with Gasteiger partial charge >= 0.3 is 0 Å². The molecule has 0 spiro atoms. The van der Waals surface area contributed by atoms with E-state index in [9.17, 15) is 0 Å². The lowest BCUT2D eigenvalue weighted by Gasteiger charge is -2.21. The number of aromatic nitrogens is 2. The van der Waals surface area contributed by atoms with Crippen molar-refractivity contribution in [1.82, 2.24) is 9.97 Å². The molecule has 0 atom stereocenters. The van der Waals surface area contributed by atoms with E-state index in [1.807, 2.05) is 6.07 Å². The number of hydrogen-bond donors (Lipinski definition) is 1. The van der Waals surface area contributed by atoms with Crippen LogP contribution in [0.2, 0.25) is 0 Å². The molecule has 5 heteroatoms. The van der Waals surface area contributed by atoms with Crippen LogP contribution in [0.25, 0.3) is 0 Å². The van der Waals surface area contributed by atoms with E-state index in [-0.39, 0.29) is 6.61 Å². The minimum atomic E-state index is 0.165. The second-order valence-corrected chi connectivity index (χ2v) is 4.16. The van der Waals surface area contributed by atoms with Gasteiger partial charge in [-0.05, 0) is 28.8 Å². The Balaban J connectivity index is 2.16. The fourth-order valence-corrected chi connectivity index (χ4v) is 1.76. The smallest absolute Gasteiger partial charge is 0.133 e. The number of hydrogen-bond acceptors (Lipinski definition) is 4. The summed E-state index contributed by atoms with van der Waals surface area (Å²) in [5.41, 5.74) is 0. The van der Waals surface area contributed by atoms with Gasteiger partial charge in [-0.2, -0.15) is 0 Å². The molecule has 2 rings (SSSR count). The Labute approximate surface area is 91.1 Å². The molecule has 4 nitrogen and oxygen atoms in total. The van der Waals surface area contributed by atoms with Crippen LogP contribution in [-0.2, 0) is 0 Å². The maximum Gasteiger partial charge on any atom is 0.133 e. The number of rotatable bonds is 4. The van der Waals surface area contributed by atoms with Gasteiger partial charge in [0.05, 0.1) is 6.61 Å². The number of aliphatic hydroxyl groups excluding tert-OH is 1. The lowest BCUT2D eigenvalue weighted by atomic mass is 10.4. The van der Waals surface area contributed by atoms with Crippen molar-refractivity contribution in [2.45, 2.75) is 18.9 Å². The van der Waals surface area contributed by atoms with Gasteiger partial charge in [0.1, 0.15) is 16.7 Å². The molecule has 1 N–H and O–H groups in total. The first-order valence-electron chi connectivity index (χ1n) is 4.66. The fourth-order valence-electron chi connectivity index (χ4n) is 1.46. The van der Waals surface area contributed by atoms with Crippen LogP contribution >= 0.6 is 15.9 Å². The topological polar surface area (TPSA) is 49.2 Å². The normalized spacial score (nSPS) is 15.6. The zero-order valence-corrected chi connectivity index (χ0v) is 9.31. The zero-order chi connectivity index (χ0) is 9.97. The quantitative estimate of drug-likeness (QED) is 0.824. The maximum absolute atomic E-state index is 8.95. The van der Waals surface area contributed by atoms with Crippen LogP contribution in [0, 0.1) is 0 Å². The highest BCUT2D eigenvalue weighted by molar-refractivity contribution is 9.10. The van der Waals surface area contributed by atoms with Gasteiger partial charge in [0.25, 0.3) is 0 Å². The van der Waals surface area contributed by atoms with Crippen LogP contribution in [0.3, 0.4) is 0 Å². The van der Waals surface area contributed by atoms with Gasteiger partial charge in [0, 0.05) is 18.7 Å². The molecule has 1 heterocycles. The Morgan fingerprint density at radius 2 is 2.29 bits per heavy atom. The van der Waals surface area contributed by atoms with E-state index in [4.69, 9.17) is 5.11 Å². The van der Waals surface area contributed by atoms with E-state index in [0.29, 0.717) is 12.6 Å². The van der Waals surface area contributed by atoms with Crippen LogP contribution in [0.4, 0.5) is 5.82 Å². The molecule has 0 aromatic carbocycles. The summed E-state index contributed by atoms with van der Waals surface area (Å²) in [6.07, 6.45) is 3.93. The third-order valence-electron chi connectivity index (χ3n) is 2.24. The Kier molecular flexibility index (Phi) is 2.98. The molecule has 1 aromatic rings. The van der Waals surface area contributed by atoms with Gasteiger partial charge in [-0.3, -0.25) is 0 Å². The van der Waals surface area contributed by atoms with Crippen molar-refractivity contribution in [3.05, 3.63) is 17.0 Å². The molecular weight excluding hydrogens is 246 g/mol. The van der Waals surface area contributed by atoms with Gasteiger partial charge in [-0.15, -0.1) is 0 Å². The summed E-state index contributed by atoms with van der Waals surface area (Å²) < 4.78 is 0.783. The number of aliphatic hydroxyl groups is 1. The SMILES string of the molecule is OCCN(c1cc(Br)ncn1)C1CC1. The van der Waals surface area contributed by atoms with Crippen molar-refractivity contribution in [2.75, 3.05) is 18.1 Å². The average molecular weight is 258 g/mol. The Bertz CT molecular complexity index is 317. The van der Waals surface area contributed by atoms with E-state index in [1.54, 1.807) is 0 Å². The lowest BCUT2D eigenvalue weighted by Crippen LogP contribution is -2.29. The molecule has 0 amide bonds. The molecule has 0 saturated heterocycles. The van der Waals surface area contributed by atoms with Gasteiger partial charge < -0.3 is 10.0 Å². The molecule has 0 bridgehead atoms. The average Bonchev–Trinajstić information content (AvgIpc) is 2.97. The van der Waals surface area contributed by atoms with Crippen LogP contribution < -0.4 is 4.90 Å². The van der Waals surface area contributed by atoms with Crippen molar-refractivity contribution in [2.24, 2.45) is 0 Å². The third-order valence-corrected chi connectivity index (χ3v) is 2.68. The predicted octanol–water partition coefficient (Wildman–Crippen LogP) is 1.20. The zero-order valence-electron chi connectivity index (χ0n) is 7.73. The minimum Gasteiger partial charge on any atom is -0.395 e. The third kappa shape index (κ3) is 2.22. The fraction of sp³-hybridized carbons (Fsp3) is 0.556. The summed E-state index contributed by atoms with van der Waals surface area (Å²) in [5, 5.41) is 8.95. The molecular formula is C9H12BrN3O. The lowest BCUT2D eigenvalue weighted by molar-refractivity contribution is 0.301. The standard InChI is InChI=1S/C9H12BrN3O/c10-8-5-9(12-6-11-8)13(3-4-14)7-1-2-7/h5-7,14H,1-4H2. The molecule has 1 aliphatic rings. The largest absolute Gasteiger partial charge is 0.395 e. The number of halogens is 1.